The molecule has 3 aromatic rings. The van der Waals surface area contributed by atoms with Gasteiger partial charge >= 0.3 is 0 Å². The fraction of sp³-hybridized carbons (Fsp3) is 0.318. The number of hydrogen-bond acceptors (Lipinski definition) is 4. The molecule has 2 aromatic carbocycles. The number of rotatable bonds is 6. The summed E-state index contributed by atoms with van der Waals surface area (Å²) in [6.07, 6.45) is 8.99. The second kappa shape index (κ2) is 8.29. The lowest BCUT2D eigenvalue weighted by atomic mass is 9.96. The Morgan fingerprint density at radius 2 is 1.75 bits per heavy atom. The molecule has 1 aliphatic rings. The van der Waals surface area contributed by atoms with Gasteiger partial charge in [-0.3, -0.25) is 4.98 Å². The monoisotopic (exact) mass is 395 g/mol. The first kappa shape index (κ1) is 18.9. The van der Waals surface area contributed by atoms with Gasteiger partial charge in [-0.1, -0.05) is 55.7 Å². The highest BCUT2D eigenvalue weighted by atomic mass is 32.2. The molecular formula is C22H25N3O2S. The summed E-state index contributed by atoms with van der Waals surface area (Å²) >= 11 is 0. The zero-order valence-electron chi connectivity index (χ0n) is 15.8. The van der Waals surface area contributed by atoms with Crippen molar-refractivity contribution in [2.45, 2.75) is 43.9 Å². The molecule has 5 nitrogen and oxygen atoms in total. The van der Waals surface area contributed by atoms with Gasteiger partial charge in [-0.25, -0.2) is 18.3 Å². The lowest BCUT2D eigenvalue weighted by Crippen LogP contribution is -2.49. The Bertz CT molecular complexity index is 1030. The molecular weight excluding hydrogens is 370 g/mol. The van der Waals surface area contributed by atoms with E-state index in [1.807, 2.05) is 54.6 Å². The molecule has 1 N–H and O–H groups in total. The van der Waals surface area contributed by atoms with E-state index in [0.717, 1.165) is 42.0 Å². The summed E-state index contributed by atoms with van der Waals surface area (Å²) in [5.74, 6) is -0.0397. The quantitative estimate of drug-likeness (QED) is 0.628. The van der Waals surface area contributed by atoms with Crippen LogP contribution in [0.4, 0.5) is 5.69 Å². The fourth-order valence-electron chi connectivity index (χ4n) is 3.76. The zero-order valence-corrected chi connectivity index (χ0v) is 16.6. The Kier molecular flexibility index (Phi) is 5.59. The number of nitrogens with one attached hydrogen (secondary N) is 1. The lowest BCUT2D eigenvalue weighted by Gasteiger charge is -2.32. The van der Waals surface area contributed by atoms with Crippen LogP contribution in [0.3, 0.4) is 0 Å². The third-order valence-corrected chi connectivity index (χ3v) is 6.80. The van der Waals surface area contributed by atoms with Crippen LogP contribution < -0.4 is 9.84 Å². The maximum absolute atomic E-state index is 13.4. The number of hydrogen-bond donors (Lipinski definition) is 1. The molecule has 0 spiro atoms. The molecule has 4 rings (SSSR count). The van der Waals surface area contributed by atoms with Gasteiger partial charge in [0.25, 0.3) is 10.0 Å². The SMILES string of the molecule is O=S(=O)(Cc1ccccc1)N(NC1CCCCC1)c1ccc2cnccc2c1. The van der Waals surface area contributed by atoms with Crippen molar-refractivity contribution >= 4 is 26.5 Å². The summed E-state index contributed by atoms with van der Waals surface area (Å²) in [5.41, 5.74) is 4.75. The molecule has 1 aromatic heterocycles. The van der Waals surface area contributed by atoms with E-state index in [0.29, 0.717) is 5.69 Å². The highest BCUT2D eigenvalue weighted by molar-refractivity contribution is 7.91. The van der Waals surface area contributed by atoms with Gasteiger partial charge < -0.3 is 0 Å². The van der Waals surface area contributed by atoms with Crippen LogP contribution in [0.1, 0.15) is 37.7 Å². The molecule has 1 fully saturated rings. The van der Waals surface area contributed by atoms with E-state index < -0.39 is 10.0 Å². The number of sulfonamides is 1. The molecule has 0 amide bonds. The average molecular weight is 396 g/mol. The summed E-state index contributed by atoms with van der Waals surface area (Å²) in [4.78, 5) is 4.14. The molecule has 6 heteroatoms. The highest BCUT2D eigenvalue weighted by Crippen LogP contribution is 2.26. The van der Waals surface area contributed by atoms with E-state index in [1.165, 1.54) is 10.8 Å². The molecule has 0 bridgehead atoms. The van der Waals surface area contributed by atoms with Gasteiger partial charge in [0.1, 0.15) is 0 Å². The van der Waals surface area contributed by atoms with Gasteiger partial charge in [-0.2, -0.15) is 0 Å². The zero-order chi connectivity index (χ0) is 19.4. The Labute approximate surface area is 166 Å². The van der Waals surface area contributed by atoms with Gasteiger partial charge in [0, 0.05) is 23.8 Å². The number of pyridine rings is 1. The smallest absolute Gasteiger partial charge is 0.252 e. The van der Waals surface area contributed by atoms with Crippen molar-refractivity contribution < 1.29 is 8.42 Å². The Hall–Kier alpha value is -2.44. The molecule has 0 saturated heterocycles. The number of fused-ring (bicyclic) bond motifs is 1. The molecule has 28 heavy (non-hydrogen) atoms. The largest absolute Gasteiger partial charge is 0.264 e. The predicted molar refractivity (Wildman–Crippen MR) is 113 cm³/mol. The van der Waals surface area contributed by atoms with Crippen molar-refractivity contribution in [1.29, 1.82) is 0 Å². The standard InChI is InChI=1S/C22H25N3O2S/c26-28(27,17-18-7-3-1-4-8-18)25(24-21-9-5-2-6-10-21)22-12-11-20-16-23-14-13-19(20)15-22/h1,3-4,7-8,11-16,21,24H,2,5-6,9-10,17H2. The summed E-state index contributed by atoms with van der Waals surface area (Å²) in [6.45, 7) is 0. The minimum Gasteiger partial charge on any atom is -0.264 e. The maximum Gasteiger partial charge on any atom is 0.252 e. The first-order valence-corrected chi connectivity index (χ1v) is 11.4. The van der Waals surface area contributed by atoms with Crippen LogP contribution in [0.15, 0.2) is 67.0 Å². The highest BCUT2D eigenvalue weighted by Gasteiger charge is 2.27. The van der Waals surface area contributed by atoms with E-state index in [1.54, 1.807) is 12.4 Å². The second-order valence-electron chi connectivity index (χ2n) is 7.38. The van der Waals surface area contributed by atoms with E-state index in [2.05, 4.69) is 10.4 Å². The van der Waals surface area contributed by atoms with Gasteiger partial charge in [-0.05, 0) is 42.0 Å². The third-order valence-electron chi connectivity index (χ3n) is 5.23. The Balaban J connectivity index is 1.69. The van der Waals surface area contributed by atoms with Crippen LogP contribution in [0, 0.1) is 0 Å². The lowest BCUT2D eigenvalue weighted by molar-refractivity contribution is 0.379. The summed E-state index contributed by atoms with van der Waals surface area (Å²) in [7, 11) is -3.59. The molecule has 146 valence electrons. The van der Waals surface area contributed by atoms with Crippen LogP contribution in [0.5, 0.6) is 0 Å². The van der Waals surface area contributed by atoms with Crippen molar-refractivity contribution in [2.75, 3.05) is 4.41 Å². The van der Waals surface area contributed by atoms with Gasteiger partial charge in [0.15, 0.2) is 0 Å². The summed E-state index contributed by atoms with van der Waals surface area (Å²) in [6, 6.07) is 17.1. The average Bonchev–Trinajstić information content (AvgIpc) is 2.73. The minimum atomic E-state index is -3.59. The van der Waals surface area contributed by atoms with Crippen molar-refractivity contribution in [3.63, 3.8) is 0 Å². The number of benzene rings is 2. The number of anilines is 1. The van der Waals surface area contributed by atoms with Gasteiger partial charge in [-0.15, -0.1) is 0 Å². The Morgan fingerprint density at radius 1 is 0.964 bits per heavy atom. The topological polar surface area (TPSA) is 62.3 Å². The summed E-state index contributed by atoms with van der Waals surface area (Å²) < 4.78 is 28.1. The predicted octanol–water partition coefficient (Wildman–Crippen LogP) is 4.41. The molecule has 0 atom stereocenters. The first-order valence-electron chi connectivity index (χ1n) is 9.79. The minimum absolute atomic E-state index is 0.0397. The van der Waals surface area contributed by atoms with Crippen molar-refractivity contribution in [2.24, 2.45) is 0 Å². The third kappa shape index (κ3) is 4.34. The first-order chi connectivity index (χ1) is 13.6. The molecule has 0 unspecified atom stereocenters. The molecule has 0 radical (unpaired) electrons. The number of nitrogens with zero attached hydrogens (tertiary/aromatic N) is 2. The number of aromatic nitrogens is 1. The second-order valence-corrected chi connectivity index (χ2v) is 9.20. The van der Waals surface area contributed by atoms with Crippen LogP contribution in [0.2, 0.25) is 0 Å². The number of hydrazine groups is 1. The summed E-state index contributed by atoms with van der Waals surface area (Å²) in [5, 5.41) is 1.96. The Morgan fingerprint density at radius 3 is 2.54 bits per heavy atom. The van der Waals surface area contributed by atoms with Crippen LogP contribution in [-0.4, -0.2) is 19.4 Å². The van der Waals surface area contributed by atoms with E-state index >= 15 is 0 Å². The fourth-order valence-corrected chi connectivity index (χ4v) is 5.25. The molecule has 1 heterocycles. The van der Waals surface area contributed by atoms with E-state index in [-0.39, 0.29) is 11.8 Å². The van der Waals surface area contributed by atoms with Crippen LogP contribution in [-0.2, 0) is 15.8 Å². The van der Waals surface area contributed by atoms with E-state index in [9.17, 15) is 8.42 Å². The molecule has 1 aliphatic carbocycles. The van der Waals surface area contributed by atoms with Crippen LogP contribution >= 0.6 is 0 Å². The maximum atomic E-state index is 13.4. The molecule has 0 aliphatic heterocycles. The van der Waals surface area contributed by atoms with Gasteiger partial charge in [0.05, 0.1) is 11.4 Å². The molecule has 1 saturated carbocycles. The van der Waals surface area contributed by atoms with Crippen molar-refractivity contribution in [3.05, 3.63) is 72.6 Å². The van der Waals surface area contributed by atoms with E-state index in [4.69, 9.17) is 0 Å². The normalized spacial score (nSPS) is 15.6. The van der Waals surface area contributed by atoms with Crippen LogP contribution in [0.25, 0.3) is 10.8 Å². The van der Waals surface area contributed by atoms with Crippen molar-refractivity contribution in [3.8, 4) is 0 Å². The van der Waals surface area contributed by atoms with Gasteiger partial charge in [0.2, 0.25) is 0 Å². The van der Waals surface area contributed by atoms with Crippen molar-refractivity contribution in [1.82, 2.24) is 10.4 Å².